The largest absolute Gasteiger partial charge is 0.454 e. The van der Waals surface area contributed by atoms with E-state index in [1.165, 1.54) is 12.1 Å². The minimum Gasteiger partial charge on any atom is -0.454 e. The topological polar surface area (TPSA) is 57.1 Å². The highest BCUT2D eigenvalue weighted by molar-refractivity contribution is 6.12. The molecule has 0 radical (unpaired) electrons. The van der Waals surface area contributed by atoms with Gasteiger partial charge in [-0.25, -0.2) is 14.2 Å². The lowest BCUT2D eigenvalue weighted by Crippen LogP contribution is -2.07. The second kappa shape index (κ2) is 5.24. The third-order valence-electron chi connectivity index (χ3n) is 3.42. The fraction of sp³-hybridized carbons (Fsp3) is 0.0588. The van der Waals surface area contributed by atoms with Gasteiger partial charge in [0.25, 0.3) is 0 Å². The van der Waals surface area contributed by atoms with Crippen molar-refractivity contribution < 1.29 is 23.4 Å². The number of cyclic esters (lactones) is 1. The number of hydrogen-bond acceptors (Lipinski definition) is 5. The smallest absolute Gasteiger partial charge is 0.363 e. The number of ether oxygens (including phenoxy) is 3. The monoisotopic (exact) mass is 311 g/mol. The number of hydrogen-bond donors (Lipinski definition) is 0. The summed E-state index contributed by atoms with van der Waals surface area (Å²) in [7, 11) is 0. The number of nitrogens with zero attached hydrogens (tertiary/aromatic N) is 1. The number of carbonyl (C=O) groups excluding carboxylic acids is 1. The van der Waals surface area contributed by atoms with E-state index < -0.39 is 11.8 Å². The van der Waals surface area contributed by atoms with Crippen LogP contribution in [0.4, 0.5) is 4.39 Å². The molecule has 0 spiro atoms. The van der Waals surface area contributed by atoms with Gasteiger partial charge in [0.15, 0.2) is 17.2 Å². The fourth-order valence-electron chi connectivity index (χ4n) is 2.32. The number of esters is 1. The molecule has 5 nitrogen and oxygen atoms in total. The molecule has 0 saturated carbocycles. The van der Waals surface area contributed by atoms with Crippen LogP contribution in [0.5, 0.6) is 11.5 Å². The minimum atomic E-state index is -0.624. The molecule has 0 aromatic heterocycles. The molecule has 2 aliphatic heterocycles. The van der Waals surface area contributed by atoms with Gasteiger partial charge in [-0.3, -0.25) is 0 Å². The van der Waals surface area contributed by atoms with E-state index in [9.17, 15) is 9.18 Å². The Hall–Kier alpha value is -3.15. The van der Waals surface area contributed by atoms with Gasteiger partial charge in [-0.15, -0.1) is 0 Å². The van der Waals surface area contributed by atoms with E-state index >= 15 is 0 Å². The van der Waals surface area contributed by atoms with Crippen LogP contribution >= 0.6 is 0 Å². The molecule has 0 amide bonds. The van der Waals surface area contributed by atoms with Crippen molar-refractivity contribution in [2.45, 2.75) is 0 Å². The van der Waals surface area contributed by atoms with E-state index in [1.54, 1.807) is 36.4 Å². The summed E-state index contributed by atoms with van der Waals surface area (Å²) in [5, 5.41) is 0. The summed E-state index contributed by atoms with van der Waals surface area (Å²) in [6, 6.07) is 11.2. The number of fused-ring (bicyclic) bond motifs is 1. The molecule has 0 fully saturated rings. The maximum atomic E-state index is 13.8. The van der Waals surface area contributed by atoms with Gasteiger partial charge < -0.3 is 14.2 Å². The van der Waals surface area contributed by atoms with Gasteiger partial charge in [0.2, 0.25) is 12.7 Å². The SMILES string of the molecule is O=C1OC(c2ccccc2F)=N/C1=C/c1ccc2c(c1)OCO2. The van der Waals surface area contributed by atoms with E-state index in [0.717, 1.165) is 0 Å². The van der Waals surface area contributed by atoms with Crippen LogP contribution in [0, 0.1) is 5.82 Å². The summed E-state index contributed by atoms with van der Waals surface area (Å²) in [6.07, 6.45) is 1.55. The fourth-order valence-corrected chi connectivity index (χ4v) is 2.32. The first-order valence-corrected chi connectivity index (χ1v) is 6.88. The second-order valence-electron chi connectivity index (χ2n) is 4.93. The Morgan fingerprint density at radius 2 is 1.91 bits per heavy atom. The van der Waals surface area contributed by atoms with Crippen LogP contribution in [0.25, 0.3) is 6.08 Å². The van der Waals surface area contributed by atoms with Crippen LogP contribution in [0.3, 0.4) is 0 Å². The maximum absolute atomic E-state index is 13.8. The van der Waals surface area contributed by atoms with Crippen molar-refractivity contribution in [2.24, 2.45) is 4.99 Å². The van der Waals surface area contributed by atoms with Crippen molar-refractivity contribution in [2.75, 3.05) is 6.79 Å². The highest BCUT2D eigenvalue weighted by Crippen LogP contribution is 2.33. The molecule has 2 aromatic carbocycles. The van der Waals surface area contributed by atoms with Gasteiger partial charge in [-0.05, 0) is 35.9 Å². The Morgan fingerprint density at radius 1 is 1.09 bits per heavy atom. The third kappa shape index (κ3) is 2.44. The third-order valence-corrected chi connectivity index (χ3v) is 3.42. The Morgan fingerprint density at radius 3 is 2.78 bits per heavy atom. The number of halogens is 1. The van der Waals surface area contributed by atoms with Crippen molar-refractivity contribution in [3.8, 4) is 11.5 Å². The average Bonchev–Trinajstić information content (AvgIpc) is 3.14. The summed E-state index contributed by atoms with van der Waals surface area (Å²) in [4.78, 5) is 16.0. The molecule has 0 N–H and O–H groups in total. The van der Waals surface area contributed by atoms with E-state index in [4.69, 9.17) is 14.2 Å². The Balaban J connectivity index is 1.69. The van der Waals surface area contributed by atoms with Crippen molar-refractivity contribution in [3.63, 3.8) is 0 Å². The molecule has 114 valence electrons. The van der Waals surface area contributed by atoms with Gasteiger partial charge in [0.1, 0.15) is 5.82 Å². The first-order valence-electron chi connectivity index (χ1n) is 6.88. The Bertz CT molecular complexity index is 873. The molecule has 0 bridgehead atoms. The first-order chi connectivity index (χ1) is 11.2. The number of benzene rings is 2. The molecule has 6 heteroatoms. The lowest BCUT2D eigenvalue weighted by molar-refractivity contribution is -0.129. The standard InChI is InChI=1S/C17H10FNO4/c18-12-4-2-1-3-11(12)16-19-13(17(20)23-16)7-10-5-6-14-15(8-10)22-9-21-14/h1-8H,9H2/b13-7+. The Kier molecular flexibility index (Phi) is 3.08. The molecule has 0 saturated heterocycles. The van der Waals surface area contributed by atoms with Gasteiger partial charge in [0.05, 0.1) is 5.56 Å². The number of rotatable bonds is 2. The zero-order valence-corrected chi connectivity index (χ0v) is 11.8. The summed E-state index contributed by atoms with van der Waals surface area (Å²) >= 11 is 0. The van der Waals surface area contributed by atoms with Crippen LogP contribution in [0.15, 0.2) is 53.2 Å². The molecule has 0 unspecified atom stereocenters. The predicted octanol–water partition coefficient (Wildman–Crippen LogP) is 2.90. The van der Waals surface area contributed by atoms with Gasteiger partial charge >= 0.3 is 5.97 Å². The van der Waals surface area contributed by atoms with E-state index in [2.05, 4.69) is 4.99 Å². The molecule has 2 aromatic rings. The molecular weight excluding hydrogens is 301 g/mol. The molecule has 2 heterocycles. The Labute approximate surface area is 130 Å². The highest BCUT2D eigenvalue weighted by atomic mass is 19.1. The average molecular weight is 311 g/mol. The summed E-state index contributed by atoms with van der Waals surface area (Å²) in [6.45, 7) is 0.174. The minimum absolute atomic E-state index is 0.0416. The number of carbonyl (C=O) groups is 1. The molecule has 23 heavy (non-hydrogen) atoms. The van der Waals surface area contributed by atoms with E-state index in [0.29, 0.717) is 17.1 Å². The zero-order valence-electron chi connectivity index (χ0n) is 11.8. The summed E-state index contributed by atoms with van der Waals surface area (Å²) in [5.41, 5.74) is 0.955. The molecular formula is C17H10FNO4. The summed E-state index contributed by atoms with van der Waals surface area (Å²) < 4.78 is 29.3. The van der Waals surface area contributed by atoms with Crippen LogP contribution in [0.1, 0.15) is 11.1 Å². The lowest BCUT2D eigenvalue weighted by atomic mass is 10.1. The molecule has 4 rings (SSSR count). The summed E-state index contributed by atoms with van der Waals surface area (Å²) in [5.74, 6) is 0.0881. The highest BCUT2D eigenvalue weighted by Gasteiger charge is 2.26. The van der Waals surface area contributed by atoms with E-state index in [-0.39, 0.29) is 24.0 Å². The number of aliphatic imine (C=N–C) groups is 1. The molecule has 2 aliphatic rings. The van der Waals surface area contributed by atoms with Crippen LogP contribution in [-0.4, -0.2) is 18.7 Å². The predicted molar refractivity (Wildman–Crippen MR) is 79.6 cm³/mol. The normalized spacial score (nSPS) is 17.3. The van der Waals surface area contributed by atoms with Gasteiger partial charge in [-0.2, -0.15) is 0 Å². The maximum Gasteiger partial charge on any atom is 0.363 e. The van der Waals surface area contributed by atoms with Gasteiger partial charge in [0, 0.05) is 0 Å². The van der Waals surface area contributed by atoms with Gasteiger partial charge in [-0.1, -0.05) is 18.2 Å². The van der Waals surface area contributed by atoms with Crippen LogP contribution < -0.4 is 9.47 Å². The lowest BCUT2D eigenvalue weighted by Gasteiger charge is -1.99. The quantitative estimate of drug-likeness (QED) is 0.632. The second-order valence-corrected chi connectivity index (χ2v) is 4.93. The van der Waals surface area contributed by atoms with E-state index in [1.807, 2.05) is 0 Å². The zero-order chi connectivity index (χ0) is 15.8. The first kappa shape index (κ1) is 13.5. The van der Waals surface area contributed by atoms with Crippen LogP contribution in [-0.2, 0) is 9.53 Å². The van der Waals surface area contributed by atoms with Crippen molar-refractivity contribution in [1.29, 1.82) is 0 Å². The van der Waals surface area contributed by atoms with Crippen molar-refractivity contribution >= 4 is 17.9 Å². The van der Waals surface area contributed by atoms with Crippen molar-refractivity contribution in [3.05, 3.63) is 65.1 Å². The van der Waals surface area contributed by atoms with Crippen LogP contribution in [0.2, 0.25) is 0 Å². The van der Waals surface area contributed by atoms with Crippen molar-refractivity contribution in [1.82, 2.24) is 0 Å². The molecule has 0 atom stereocenters. The molecule has 0 aliphatic carbocycles.